The van der Waals surface area contributed by atoms with Crippen molar-refractivity contribution in [1.29, 1.82) is 0 Å². The maximum Gasteiger partial charge on any atom is 0.321 e. The quantitative estimate of drug-likeness (QED) is 0.438. The van der Waals surface area contributed by atoms with E-state index in [2.05, 4.69) is 4.74 Å². The van der Waals surface area contributed by atoms with Crippen molar-refractivity contribution in [3.8, 4) is 0 Å². The zero-order valence-corrected chi connectivity index (χ0v) is 12.2. The predicted molar refractivity (Wildman–Crippen MR) is 74.8 cm³/mol. The third-order valence-electron chi connectivity index (χ3n) is 2.82. The summed E-state index contributed by atoms with van der Waals surface area (Å²) in [6.07, 6.45) is 1.91. The van der Waals surface area contributed by atoms with Crippen LogP contribution in [0.15, 0.2) is 29.2 Å². The molecule has 2 atom stereocenters. The van der Waals surface area contributed by atoms with Crippen molar-refractivity contribution in [2.24, 2.45) is 0 Å². The second-order valence-corrected chi connectivity index (χ2v) is 5.78. The van der Waals surface area contributed by atoms with E-state index in [4.69, 9.17) is 0 Å². The molecule has 0 radical (unpaired) electrons. The number of carbonyl (C=O) groups excluding carboxylic acids is 1. The van der Waals surface area contributed by atoms with Crippen LogP contribution in [-0.4, -0.2) is 27.5 Å². The van der Waals surface area contributed by atoms with Crippen LogP contribution in [0.3, 0.4) is 0 Å². The Labute approximate surface area is 119 Å². The lowest BCUT2D eigenvalue weighted by molar-refractivity contribution is -0.387. The van der Waals surface area contributed by atoms with Crippen LogP contribution in [0.2, 0.25) is 0 Å². The average Bonchev–Trinajstić information content (AvgIpc) is 2.46. The van der Waals surface area contributed by atoms with E-state index >= 15 is 0 Å². The molecule has 6 nitrogen and oxygen atoms in total. The molecule has 7 heteroatoms. The van der Waals surface area contributed by atoms with Crippen molar-refractivity contribution >= 4 is 22.5 Å². The number of esters is 1. The Hall–Kier alpha value is -1.76. The van der Waals surface area contributed by atoms with Crippen molar-refractivity contribution < 1.29 is 18.7 Å². The molecule has 0 aliphatic heterocycles. The molecule has 0 aliphatic carbocycles. The van der Waals surface area contributed by atoms with Crippen LogP contribution >= 0.6 is 0 Å². The van der Waals surface area contributed by atoms with Crippen LogP contribution in [0.1, 0.15) is 26.2 Å². The molecule has 0 saturated heterocycles. The highest BCUT2D eigenvalue weighted by atomic mass is 32.2. The highest BCUT2D eigenvalue weighted by molar-refractivity contribution is 7.86. The molecule has 0 fully saturated rings. The summed E-state index contributed by atoms with van der Waals surface area (Å²) in [6.45, 7) is 1.95. The molecule has 1 aromatic carbocycles. The third-order valence-corrected chi connectivity index (χ3v) is 4.54. The lowest BCUT2D eigenvalue weighted by Gasteiger charge is -2.14. The molecule has 0 spiro atoms. The average molecular weight is 299 g/mol. The number of rotatable bonds is 7. The van der Waals surface area contributed by atoms with Crippen molar-refractivity contribution in [3.63, 3.8) is 0 Å². The van der Waals surface area contributed by atoms with Gasteiger partial charge in [0.1, 0.15) is 10.1 Å². The van der Waals surface area contributed by atoms with Gasteiger partial charge in [0.05, 0.1) is 22.8 Å². The summed E-state index contributed by atoms with van der Waals surface area (Å²) in [5.41, 5.74) is -0.240. The Morgan fingerprint density at radius 2 is 2.10 bits per heavy atom. The molecule has 0 bridgehead atoms. The number of nitrogens with zero attached hydrogens (tertiary/aromatic N) is 1. The van der Waals surface area contributed by atoms with E-state index in [0.717, 1.165) is 6.42 Å². The van der Waals surface area contributed by atoms with Gasteiger partial charge in [0.15, 0.2) is 0 Å². The van der Waals surface area contributed by atoms with Crippen LogP contribution in [0, 0.1) is 10.1 Å². The molecule has 20 heavy (non-hydrogen) atoms. The van der Waals surface area contributed by atoms with E-state index in [9.17, 15) is 19.1 Å². The summed E-state index contributed by atoms with van der Waals surface area (Å²) in [5.74, 6) is -0.602. The van der Waals surface area contributed by atoms with Gasteiger partial charge < -0.3 is 4.74 Å². The van der Waals surface area contributed by atoms with Crippen molar-refractivity contribution in [2.45, 2.75) is 36.3 Å². The minimum absolute atomic E-state index is 0.0593. The van der Waals surface area contributed by atoms with Gasteiger partial charge >= 0.3 is 5.97 Å². The van der Waals surface area contributed by atoms with Gasteiger partial charge in [-0.15, -0.1) is 0 Å². The van der Waals surface area contributed by atoms with E-state index in [1.165, 1.54) is 25.3 Å². The Bertz CT molecular complexity index is 517. The van der Waals surface area contributed by atoms with Gasteiger partial charge in [0.2, 0.25) is 0 Å². The molecule has 0 saturated carbocycles. The van der Waals surface area contributed by atoms with E-state index in [1.807, 2.05) is 6.92 Å². The SMILES string of the molecule is CCCCC(C(=O)OC)S(=O)c1ccccc1[N+](=O)[O-]. The molecular formula is C13H17NO5S. The molecule has 1 rings (SSSR count). The van der Waals surface area contributed by atoms with Gasteiger partial charge in [-0.2, -0.15) is 0 Å². The number of hydrogen-bond acceptors (Lipinski definition) is 5. The second-order valence-electron chi connectivity index (χ2n) is 4.18. The molecule has 1 aromatic rings. The standard InChI is InChI=1S/C13H17NO5S/c1-3-4-8-12(13(15)19-2)20(18)11-9-6-5-7-10(11)14(16)17/h5-7,9,12H,3-4,8H2,1-2H3. The Kier molecular flexibility index (Phi) is 6.30. The first kappa shape index (κ1) is 16.3. The van der Waals surface area contributed by atoms with E-state index in [-0.39, 0.29) is 10.6 Å². The molecule has 110 valence electrons. The number of methoxy groups -OCH3 is 1. The van der Waals surface area contributed by atoms with Crippen LogP contribution in [0.5, 0.6) is 0 Å². The minimum Gasteiger partial charge on any atom is -0.468 e. The maximum absolute atomic E-state index is 12.5. The molecule has 0 amide bonds. The number of nitro groups is 1. The summed E-state index contributed by atoms with van der Waals surface area (Å²) in [6, 6.07) is 5.75. The second kappa shape index (κ2) is 7.74. The number of nitro benzene ring substituents is 1. The highest BCUT2D eigenvalue weighted by Crippen LogP contribution is 2.25. The molecule has 2 unspecified atom stereocenters. The smallest absolute Gasteiger partial charge is 0.321 e. The van der Waals surface area contributed by atoms with Crippen LogP contribution in [0.25, 0.3) is 0 Å². The molecule has 0 aromatic heterocycles. The zero-order valence-electron chi connectivity index (χ0n) is 11.4. The summed E-state index contributed by atoms with van der Waals surface area (Å²) >= 11 is 0. The Morgan fingerprint density at radius 1 is 1.45 bits per heavy atom. The molecule has 0 aliphatic rings. The van der Waals surface area contributed by atoms with Crippen molar-refractivity contribution in [2.75, 3.05) is 7.11 Å². The van der Waals surface area contributed by atoms with Crippen LogP contribution in [0.4, 0.5) is 5.69 Å². The van der Waals surface area contributed by atoms with E-state index in [1.54, 1.807) is 6.07 Å². The fraction of sp³-hybridized carbons (Fsp3) is 0.462. The summed E-state index contributed by atoms with van der Waals surface area (Å²) < 4.78 is 17.1. The minimum atomic E-state index is -1.80. The molecule has 0 N–H and O–H groups in total. The molecular weight excluding hydrogens is 282 g/mol. The first-order valence-electron chi connectivity index (χ1n) is 6.24. The number of ether oxygens (including phenoxy) is 1. The lowest BCUT2D eigenvalue weighted by Crippen LogP contribution is -2.27. The zero-order chi connectivity index (χ0) is 15.1. The van der Waals surface area contributed by atoms with Crippen LogP contribution < -0.4 is 0 Å². The number of hydrogen-bond donors (Lipinski definition) is 0. The lowest BCUT2D eigenvalue weighted by atomic mass is 10.2. The summed E-state index contributed by atoms with van der Waals surface area (Å²) in [5, 5.41) is 10.1. The Morgan fingerprint density at radius 3 is 2.65 bits per heavy atom. The van der Waals surface area contributed by atoms with Crippen molar-refractivity contribution in [1.82, 2.24) is 0 Å². The summed E-state index contributed by atoms with van der Waals surface area (Å²) in [7, 11) is -0.581. The molecule has 0 heterocycles. The number of unbranched alkanes of at least 4 members (excludes halogenated alkanes) is 1. The fourth-order valence-corrected chi connectivity index (χ4v) is 3.28. The topological polar surface area (TPSA) is 86.5 Å². The van der Waals surface area contributed by atoms with E-state index < -0.39 is 26.9 Å². The third kappa shape index (κ3) is 3.86. The predicted octanol–water partition coefficient (Wildman–Crippen LogP) is 2.43. The Balaban J connectivity index is 3.12. The van der Waals surface area contributed by atoms with Crippen molar-refractivity contribution in [3.05, 3.63) is 34.4 Å². The van der Waals surface area contributed by atoms with Gasteiger partial charge in [0.25, 0.3) is 5.69 Å². The largest absolute Gasteiger partial charge is 0.468 e. The van der Waals surface area contributed by atoms with E-state index in [0.29, 0.717) is 12.8 Å². The first-order chi connectivity index (χ1) is 9.52. The normalized spacial score (nSPS) is 13.5. The van der Waals surface area contributed by atoms with Gasteiger partial charge in [-0.3, -0.25) is 19.1 Å². The first-order valence-corrected chi connectivity index (χ1v) is 7.46. The van der Waals surface area contributed by atoms with Gasteiger partial charge in [-0.05, 0) is 12.5 Å². The van der Waals surface area contributed by atoms with Crippen LogP contribution in [-0.2, 0) is 20.3 Å². The van der Waals surface area contributed by atoms with Gasteiger partial charge in [0, 0.05) is 6.07 Å². The number of benzene rings is 1. The highest BCUT2D eigenvalue weighted by Gasteiger charge is 2.30. The van der Waals surface area contributed by atoms with Gasteiger partial charge in [-0.25, -0.2) is 0 Å². The summed E-state index contributed by atoms with van der Waals surface area (Å²) in [4.78, 5) is 22.1. The monoisotopic (exact) mass is 299 g/mol. The number of para-hydroxylation sites is 1. The maximum atomic E-state index is 12.5. The fourth-order valence-electron chi connectivity index (χ4n) is 1.76. The number of carbonyl (C=O) groups is 1. The van der Waals surface area contributed by atoms with Gasteiger partial charge in [-0.1, -0.05) is 31.9 Å².